The number of nitrogens with zero attached hydrogens (tertiary/aromatic N) is 3. The number of anilines is 1. The fraction of sp³-hybridized carbons (Fsp3) is 0.364. The van der Waals surface area contributed by atoms with Gasteiger partial charge in [0.05, 0.1) is 5.69 Å². The molecule has 200 valence electrons. The van der Waals surface area contributed by atoms with Crippen LogP contribution in [0.1, 0.15) is 41.0 Å². The number of carbonyl (C=O) groups excluding carboxylic acids is 4. The number of nitrogens with two attached hydrogens (primary N) is 1. The molecule has 16 heteroatoms. The molecule has 4 rings (SSSR count). The van der Waals surface area contributed by atoms with Crippen LogP contribution < -0.4 is 15.7 Å². The number of piperazine rings is 1. The number of phenolic OH excluding ortho intramolecular Hbond substituents is 1. The van der Waals surface area contributed by atoms with E-state index < -0.39 is 48.6 Å². The molecule has 3 heterocycles. The van der Waals surface area contributed by atoms with E-state index >= 15 is 0 Å². The summed E-state index contributed by atoms with van der Waals surface area (Å²) in [6.45, 7) is 2.09. The van der Waals surface area contributed by atoms with Crippen LogP contribution in [0.3, 0.4) is 0 Å². The van der Waals surface area contributed by atoms with Gasteiger partial charge >= 0.3 is 30.9 Å². The average Bonchev–Trinajstić information content (AvgIpc) is 3.29. The van der Waals surface area contributed by atoms with Crippen LogP contribution in [0.4, 0.5) is 9.93 Å². The maximum atomic E-state index is 13.4. The molecule has 0 saturated carbocycles. The number of phenols is 1. The summed E-state index contributed by atoms with van der Waals surface area (Å²) >= 11 is 1.02. The molecule has 1 unspecified atom stereocenters. The lowest BCUT2D eigenvalue weighted by Crippen LogP contribution is -2.58. The Labute approximate surface area is 220 Å². The Balaban J connectivity index is 1.54. The number of Topliss-reactive ketones (excluding diaryl/α,β-unsaturated/α-hetero) is 1. The number of carbonyl (C=O) groups is 5. The van der Waals surface area contributed by atoms with Gasteiger partial charge in [0.2, 0.25) is 0 Å². The predicted molar refractivity (Wildman–Crippen MR) is 133 cm³/mol. The fourth-order valence-electron chi connectivity index (χ4n) is 4.40. The van der Waals surface area contributed by atoms with Gasteiger partial charge in [-0.1, -0.05) is 0 Å². The van der Waals surface area contributed by atoms with E-state index in [2.05, 4.69) is 10.3 Å². The van der Waals surface area contributed by atoms with Gasteiger partial charge in [-0.2, -0.15) is 0 Å². The van der Waals surface area contributed by atoms with Crippen molar-refractivity contribution in [1.29, 1.82) is 0 Å². The van der Waals surface area contributed by atoms with Gasteiger partial charge in [0, 0.05) is 37.3 Å². The summed E-state index contributed by atoms with van der Waals surface area (Å²) in [5, 5.41) is 33.9. The van der Waals surface area contributed by atoms with Gasteiger partial charge in [0.1, 0.15) is 23.1 Å². The molecule has 2 aromatic rings. The lowest BCUT2D eigenvalue weighted by molar-refractivity contribution is -0.153. The van der Waals surface area contributed by atoms with E-state index in [1.54, 1.807) is 6.92 Å². The first kappa shape index (κ1) is 26.9. The summed E-state index contributed by atoms with van der Waals surface area (Å²) in [7, 11) is -1.56. The third kappa shape index (κ3) is 5.26. The second-order valence-electron chi connectivity index (χ2n) is 8.76. The molecule has 2 aliphatic heterocycles. The number of aromatic hydroxyl groups is 1. The SMILES string of the molecule is CCN1CCN(C(=O)NC(C(=O)C[C@H]2Cc3cc(O)cc(C(=O)O)c3OB2O)c2csc(N)n2)C(=O)C1=O. The minimum Gasteiger partial charge on any atom is -0.535 e. The number of carboxylic acid groups (broad SMARTS) is 1. The number of rotatable bonds is 7. The largest absolute Gasteiger partial charge is 0.535 e. The minimum atomic E-state index is -1.56. The molecule has 1 aromatic heterocycles. The Morgan fingerprint density at radius 1 is 1.29 bits per heavy atom. The van der Waals surface area contributed by atoms with Crippen molar-refractivity contribution in [2.24, 2.45) is 0 Å². The Bertz CT molecular complexity index is 1320. The van der Waals surface area contributed by atoms with E-state index in [0.29, 0.717) is 6.54 Å². The molecule has 0 bridgehead atoms. The number of aromatic nitrogens is 1. The Morgan fingerprint density at radius 3 is 2.66 bits per heavy atom. The second-order valence-corrected chi connectivity index (χ2v) is 9.65. The van der Waals surface area contributed by atoms with Crippen LogP contribution in [0.2, 0.25) is 5.82 Å². The van der Waals surface area contributed by atoms with Gasteiger partial charge in [0.15, 0.2) is 10.9 Å². The van der Waals surface area contributed by atoms with Gasteiger partial charge in [0.25, 0.3) is 0 Å². The zero-order valence-electron chi connectivity index (χ0n) is 20.1. The van der Waals surface area contributed by atoms with Gasteiger partial charge in [-0.15, -0.1) is 11.3 Å². The average molecular weight is 545 g/mol. The van der Waals surface area contributed by atoms with Crippen molar-refractivity contribution in [1.82, 2.24) is 20.1 Å². The van der Waals surface area contributed by atoms with E-state index in [0.717, 1.165) is 22.3 Å². The Hall–Kier alpha value is -4.18. The van der Waals surface area contributed by atoms with Crippen molar-refractivity contribution in [3.05, 3.63) is 34.3 Å². The third-order valence-electron chi connectivity index (χ3n) is 6.33. The summed E-state index contributed by atoms with van der Waals surface area (Å²) < 4.78 is 5.40. The number of benzene rings is 1. The summed E-state index contributed by atoms with van der Waals surface area (Å²) in [5.74, 6) is -5.14. The summed E-state index contributed by atoms with van der Waals surface area (Å²) in [5.41, 5.74) is 5.76. The molecule has 1 aromatic carbocycles. The molecule has 0 spiro atoms. The monoisotopic (exact) mass is 545 g/mol. The van der Waals surface area contributed by atoms with Crippen LogP contribution in [0.5, 0.6) is 11.5 Å². The van der Waals surface area contributed by atoms with Gasteiger partial charge in [-0.3, -0.25) is 19.3 Å². The number of nitrogens with one attached hydrogen (secondary N) is 1. The van der Waals surface area contributed by atoms with Gasteiger partial charge < -0.3 is 35.8 Å². The van der Waals surface area contributed by atoms with E-state index in [-0.39, 0.29) is 59.4 Å². The third-order valence-corrected chi connectivity index (χ3v) is 7.02. The molecule has 1 saturated heterocycles. The number of thiazole rings is 1. The molecule has 0 aliphatic carbocycles. The zero-order chi connectivity index (χ0) is 27.7. The first-order valence-corrected chi connectivity index (χ1v) is 12.5. The first-order chi connectivity index (χ1) is 18.0. The molecule has 1 fully saturated rings. The number of nitrogen functional groups attached to an aromatic ring is 1. The number of urea groups is 1. The van der Waals surface area contributed by atoms with Crippen molar-refractivity contribution in [3.63, 3.8) is 0 Å². The second kappa shape index (κ2) is 10.7. The van der Waals surface area contributed by atoms with Crippen molar-refractivity contribution in [3.8, 4) is 11.5 Å². The number of hydrogen-bond donors (Lipinski definition) is 5. The van der Waals surface area contributed by atoms with Crippen molar-refractivity contribution < 1.29 is 43.9 Å². The van der Waals surface area contributed by atoms with Crippen LogP contribution in [0.15, 0.2) is 17.5 Å². The van der Waals surface area contributed by atoms with Gasteiger partial charge in [-0.25, -0.2) is 14.6 Å². The highest BCUT2D eigenvalue weighted by atomic mass is 32.1. The lowest BCUT2D eigenvalue weighted by atomic mass is 9.64. The Kier molecular flexibility index (Phi) is 7.55. The van der Waals surface area contributed by atoms with Crippen molar-refractivity contribution in [2.75, 3.05) is 25.4 Å². The Morgan fingerprint density at radius 2 is 2.03 bits per heavy atom. The highest BCUT2D eigenvalue weighted by Crippen LogP contribution is 2.39. The molecular formula is C22H24BN5O9S. The predicted octanol–water partition coefficient (Wildman–Crippen LogP) is 0.0155. The standard InChI is InChI=1S/C22H24BN5O9S/c1-2-27-3-4-28(19(32)18(27)31)22(35)26-16(14-9-38-21(24)25-14)15(30)7-11-5-10-6-12(29)8-13(20(33)34)17(10)37-23(11)36/h6,8-9,11,16,29,36H,2-5,7H2,1H3,(H2,24,25)(H,26,35)(H,33,34)/t11-,16?/m1/s1. The molecule has 2 atom stereocenters. The quantitative estimate of drug-likeness (QED) is 0.231. The highest BCUT2D eigenvalue weighted by Gasteiger charge is 2.41. The van der Waals surface area contributed by atoms with Crippen molar-refractivity contribution in [2.45, 2.75) is 31.6 Å². The summed E-state index contributed by atoms with van der Waals surface area (Å²) in [6, 6.07) is -0.0602. The van der Waals surface area contributed by atoms with Crippen LogP contribution in [0.25, 0.3) is 0 Å². The minimum absolute atomic E-state index is 0.0112. The molecule has 6 N–H and O–H groups in total. The number of fused-ring (bicyclic) bond motifs is 1. The number of carboxylic acids is 1. The zero-order valence-corrected chi connectivity index (χ0v) is 20.9. The van der Waals surface area contributed by atoms with Crippen LogP contribution >= 0.6 is 11.3 Å². The molecule has 0 radical (unpaired) electrons. The normalized spacial score (nSPS) is 18.1. The van der Waals surface area contributed by atoms with Crippen LogP contribution in [-0.4, -0.2) is 86.4 Å². The molecule has 4 amide bonds. The van der Waals surface area contributed by atoms with Crippen LogP contribution in [-0.2, 0) is 20.8 Å². The molecular weight excluding hydrogens is 521 g/mol. The molecule has 38 heavy (non-hydrogen) atoms. The number of imide groups is 1. The smallest absolute Gasteiger partial charge is 0.526 e. The van der Waals surface area contributed by atoms with Crippen molar-refractivity contribution >= 4 is 53.2 Å². The van der Waals surface area contributed by atoms with Crippen LogP contribution in [0, 0.1) is 0 Å². The number of aromatic carboxylic acids is 1. The summed E-state index contributed by atoms with van der Waals surface area (Å²) in [4.78, 5) is 68.6. The number of hydrogen-bond acceptors (Lipinski definition) is 11. The van der Waals surface area contributed by atoms with Gasteiger partial charge in [-0.05, 0) is 31.0 Å². The number of amides is 4. The first-order valence-electron chi connectivity index (χ1n) is 11.6. The molecule has 14 nitrogen and oxygen atoms in total. The fourth-order valence-corrected chi connectivity index (χ4v) is 4.98. The van der Waals surface area contributed by atoms with E-state index in [1.165, 1.54) is 16.3 Å². The lowest BCUT2D eigenvalue weighted by Gasteiger charge is -2.33. The number of ketones is 1. The van der Waals surface area contributed by atoms with E-state index in [4.69, 9.17) is 10.4 Å². The van der Waals surface area contributed by atoms with E-state index in [1.807, 2.05) is 0 Å². The highest BCUT2D eigenvalue weighted by molar-refractivity contribution is 7.13. The maximum absolute atomic E-state index is 13.4. The molecule has 2 aliphatic rings. The van der Waals surface area contributed by atoms with E-state index in [9.17, 15) is 39.2 Å². The number of likely N-dealkylation sites (N-methyl/N-ethyl adjacent to an activating group) is 1. The summed E-state index contributed by atoms with van der Waals surface area (Å²) in [6.07, 6.45) is -0.361. The topological polar surface area (TPSA) is 213 Å². The maximum Gasteiger partial charge on any atom is 0.526 e.